The lowest BCUT2D eigenvalue weighted by Crippen LogP contribution is -2.19. The number of hydrogen-bond donors (Lipinski definition) is 6. The summed E-state index contributed by atoms with van der Waals surface area (Å²) in [4.78, 5) is 92.6. The highest BCUT2D eigenvalue weighted by Crippen LogP contribution is 2.43. The Morgan fingerprint density at radius 2 is 0.246 bits per heavy atom. The molecule has 0 aromatic heterocycles. The maximum absolute atomic E-state index is 15.4. The first-order valence-corrected chi connectivity index (χ1v) is 35.6. The van der Waals surface area contributed by atoms with Crippen molar-refractivity contribution in [2.45, 2.75) is 0 Å². The largest absolute Gasteiger partial charge is 0.508 e. The van der Waals surface area contributed by atoms with Gasteiger partial charge >= 0.3 is 35.8 Å². The number of rotatable bonds is 18. The normalized spacial score (nSPS) is 11.1. The van der Waals surface area contributed by atoms with E-state index >= 15 is 28.8 Å². The second-order valence-corrected chi connectivity index (χ2v) is 26.6. The highest BCUT2D eigenvalue weighted by Gasteiger charge is 2.31. The molecule has 0 aliphatic heterocycles. The van der Waals surface area contributed by atoms with E-state index in [1.165, 1.54) is 109 Å². The monoisotopic (exact) mass is 1500 g/mol. The number of hydrogen-bond acceptors (Lipinski definition) is 18. The maximum atomic E-state index is 15.4. The average Bonchev–Trinajstić information content (AvgIpc) is 0.715. The van der Waals surface area contributed by atoms with Crippen LogP contribution in [0.2, 0.25) is 0 Å². The van der Waals surface area contributed by atoms with Crippen LogP contribution in [0.5, 0.6) is 69.0 Å². The van der Waals surface area contributed by atoms with Gasteiger partial charge in [0.25, 0.3) is 0 Å². The van der Waals surface area contributed by atoms with Crippen molar-refractivity contribution >= 4 is 68.1 Å². The molecule has 552 valence electrons. The molecule has 0 atom stereocenters. The number of ether oxygens (including phenoxy) is 6. The zero-order chi connectivity index (χ0) is 78.7. The lowest BCUT2D eigenvalue weighted by atomic mass is 9.87. The molecule has 114 heavy (non-hydrogen) atoms. The first kappa shape index (κ1) is 72.1. The molecule has 0 radical (unpaired) electrons. The van der Waals surface area contributed by atoms with Gasteiger partial charge in [-0.05, 0) is 281 Å². The van der Waals surface area contributed by atoms with Gasteiger partial charge in [0, 0.05) is 0 Å². The predicted octanol–water partition coefficient (Wildman–Crippen LogP) is 20.7. The summed E-state index contributed by atoms with van der Waals surface area (Å²) in [6.45, 7) is 0. The molecule has 0 amide bonds. The fraction of sp³-hybridized carbons (Fsp3) is 0. The number of phenols is 6. The SMILES string of the molecule is O=C(Oc1ccc(-c2ccc(O)cc2)cc1)c1cc2c3cc(C(=O)Oc4ccc(-c5ccc(O)cc5)cc4)c(C(=O)Oc4ccc(-c5ccc(O)cc5)cc4)cc3c3cc(C(=O)Oc4ccc(-c5ccc(O)cc5)cc4)c(C(=O)Oc4ccc(-c5ccc(O)cc5)cc4)cc3c2cc1C(=O)Oc1ccc(-c2ccc(O)cc2)cc1. The van der Waals surface area contributed by atoms with Crippen LogP contribution in [0.25, 0.3) is 99.1 Å². The number of aromatic hydroxyl groups is 6. The van der Waals surface area contributed by atoms with E-state index < -0.39 is 35.8 Å². The number of benzene rings is 16. The summed E-state index contributed by atoms with van der Waals surface area (Å²) in [5.74, 6) is -5.81. The van der Waals surface area contributed by atoms with E-state index in [0.717, 1.165) is 33.4 Å². The van der Waals surface area contributed by atoms with Crippen molar-refractivity contribution in [1.29, 1.82) is 0 Å². The van der Waals surface area contributed by atoms with Crippen molar-refractivity contribution < 1.29 is 87.8 Å². The molecule has 18 nitrogen and oxygen atoms in total. The third-order valence-corrected chi connectivity index (χ3v) is 19.3. The molecule has 16 aromatic carbocycles. The number of carbonyl (C=O) groups is 6. The van der Waals surface area contributed by atoms with Crippen molar-refractivity contribution in [2.24, 2.45) is 0 Å². The van der Waals surface area contributed by atoms with Gasteiger partial charge in [0.2, 0.25) is 0 Å². The fourth-order valence-electron chi connectivity index (χ4n) is 13.3. The van der Waals surface area contributed by atoms with Gasteiger partial charge < -0.3 is 59.1 Å². The van der Waals surface area contributed by atoms with Crippen LogP contribution in [0.1, 0.15) is 62.1 Å². The van der Waals surface area contributed by atoms with Gasteiger partial charge in [-0.15, -0.1) is 0 Å². The van der Waals surface area contributed by atoms with Crippen molar-refractivity contribution in [3.63, 3.8) is 0 Å². The third kappa shape index (κ3) is 15.5. The zero-order valence-electron chi connectivity index (χ0n) is 59.8. The van der Waals surface area contributed by atoms with Crippen molar-refractivity contribution in [3.05, 3.63) is 361 Å². The Bertz CT molecular complexity index is 5360. The molecule has 0 saturated carbocycles. The van der Waals surface area contributed by atoms with Crippen LogP contribution < -0.4 is 28.4 Å². The van der Waals surface area contributed by atoms with Gasteiger partial charge in [-0.1, -0.05) is 146 Å². The van der Waals surface area contributed by atoms with E-state index in [-0.39, 0.29) is 135 Å². The Morgan fingerprint density at radius 3 is 0.351 bits per heavy atom. The number of carbonyl (C=O) groups excluding carboxylic acids is 6. The average molecular weight is 1500 g/mol. The van der Waals surface area contributed by atoms with Gasteiger partial charge in [-0.25, -0.2) is 28.8 Å². The van der Waals surface area contributed by atoms with Crippen LogP contribution >= 0.6 is 0 Å². The van der Waals surface area contributed by atoms with Gasteiger partial charge in [-0.2, -0.15) is 0 Å². The lowest BCUT2D eigenvalue weighted by molar-refractivity contribution is 0.0692. The molecule has 6 N–H and O–H groups in total. The van der Waals surface area contributed by atoms with Crippen molar-refractivity contribution in [2.75, 3.05) is 0 Å². The number of esters is 6. The molecule has 0 aliphatic rings. The van der Waals surface area contributed by atoms with Crippen LogP contribution in [0, 0.1) is 0 Å². The summed E-state index contributed by atoms with van der Waals surface area (Å²) in [6.07, 6.45) is 0. The highest BCUT2D eigenvalue weighted by atomic mass is 16.6. The molecule has 18 heteroatoms. The van der Waals surface area contributed by atoms with Gasteiger partial charge in [0.1, 0.15) is 69.0 Å². The Morgan fingerprint density at radius 1 is 0.149 bits per heavy atom. The summed E-state index contributed by atoms with van der Waals surface area (Å²) in [7, 11) is 0. The smallest absolute Gasteiger partial charge is 0.344 e. The van der Waals surface area contributed by atoms with E-state index in [4.69, 9.17) is 28.4 Å². The quantitative estimate of drug-likeness (QED) is 0.0264. The molecule has 16 rings (SSSR count). The van der Waals surface area contributed by atoms with Crippen LogP contribution in [0.15, 0.2) is 328 Å². The first-order chi connectivity index (χ1) is 55.3. The van der Waals surface area contributed by atoms with Gasteiger partial charge in [-0.3, -0.25) is 0 Å². The number of fused-ring (bicyclic) bond motifs is 6. The maximum Gasteiger partial charge on any atom is 0.344 e. The minimum absolute atomic E-state index is 0.0419. The van der Waals surface area contributed by atoms with Crippen LogP contribution in [-0.2, 0) is 0 Å². The summed E-state index contributed by atoms with van der Waals surface area (Å²) >= 11 is 0. The number of phenolic OH excluding ortho intramolecular Hbond substituents is 6. The van der Waals surface area contributed by atoms with Crippen LogP contribution in [0.4, 0.5) is 0 Å². The van der Waals surface area contributed by atoms with Gasteiger partial charge in [0.05, 0.1) is 33.4 Å². The van der Waals surface area contributed by atoms with E-state index in [0.29, 0.717) is 33.4 Å². The molecule has 0 aliphatic carbocycles. The lowest BCUT2D eigenvalue weighted by Gasteiger charge is -2.19. The second kappa shape index (κ2) is 30.9. The molecule has 0 spiro atoms. The summed E-state index contributed by atoms with van der Waals surface area (Å²) in [5, 5.41) is 60.9. The van der Waals surface area contributed by atoms with E-state index in [1.807, 2.05) is 0 Å². The molecular weight excluding hydrogens is 1440 g/mol. The zero-order valence-corrected chi connectivity index (χ0v) is 59.8. The Hall–Kier alpha value is -16.1. The standard InChI is InChI=1S/C96H60O18/c97-67-25-1-55(2-26-67)61-13-37-73(38-14-61)109-91(103)85-49-79-80(50-86(85)92(104)110-74-39-15-62(16-40-74)56-3-27-68(98)28-4-56)82-52-88(94(106)112-76-43-19-64(20-44-76)58-7-31-70(100)32-8-58)90(96(108)114-78-47-23-66(24-48-78)60-11-35-72(102)36-12-60)54-84(82)83-53-89(95(107)113-77-45-21-65(22-46-77)59-9-33-71(101)34-10-59)87(51-81(79)83)93(105)111-75-41-17-63(18-42-75)57-5-29-69(99)30-6-57/h1-54,97-102H. The molecule has 0 fully saturated rings. The van der Waals surface area contributed by atoms with Crippen LogP contribution in [0.3, 0.4) is 0 Å². The Kier molecular flexibility index (Phi) is 19.5. The van der Waals surface area contributed by atoms with E-state index in [9.17, 15) is 30.6 Å². The fourth-order valence-corrected chi connectivity index (χ4v) is 13.3. The Labute approximate surface area is 649 Å². The first-order valence-electron chi connectivity index (χ1n) is 35.6. The Balaban J connectivity index is 0.906. The van der Waals surface area contributed by atoms with Crippen molar-refractivity contribution in [3.8, 4) is 136 Å². The molecule has 0 bridgehead atoms. The minimum atomic E-state index is -1.07. The molecular formula is C96H60O18. The summed E-state index contributed by atoms with van der Waals surface area (Å²) in [5.41, 5.74) is 6.41. The second-order valence-electron chi connectivity index (χ2n) is 26.6. The third-order valence-electron chi connectivity index (χ3n) is 19.3. The molecule has 16 aromatic rings. The van der Waals surface area contributed by atoms with Crippen LogP contribution in [-0.4, -0.2) is 66.5 Å². The van der Waals surface area contributed by atoms with Gasteiger partial charge in [0.15, 0.2) is 0 Å². The predicted molar refractivity (Wildman–Crippen MR) is 430 cm³/mol. The summed E-state index contributed by atoms with van der Waals surface area (Å²) < 4.78 is 37.0. The molecule has 0 saturated heterocycles. The molecule has 0 unspecified atom stereocenters. The molecule has 0 heterocycles. The minimum Gasteiger partial charge on any atom is -0.508 e. The highest BCUT2D eigenvalue weighted by molar-refractivity contribution is 6.30. The van der Waals surface area contributed by atoms with E-state index in [2.05, 4.69) is 0 Å². The summed E-state index contributed by atoms with van der Waals surface area (Å²) in [6, 6.07) is 85.9. The topological polar surface area (TPSA) is 279 Å². The van der Waals surface area contributed by atoms with Crippen molar-refractivity contribution in [1.82, 2.24) is 0 Å². The van der Waals surface area contributed by atoms with E-state index in [1.54, 1.807) is 218 Å².